The summed E-state index contributed by atoms with van der Waals surface area (Å²) >= 11 is 0. The first kappa shape index (κ1) is 17.3. The van der Waals surface area contributed by atoms with E-state index in [9.17, 15) is 12.8 Å². The number of pyridine rings is 1. The normalized spacial score (nSPS) is 20.4. The average molecular weight is 324 g/mol. The van der Waals surface area contributed by atoms with Gasteiger partial charge in [0.05, 0.1) is 6.20 Å². The van der Waals surface area contributed by atoms with Crippen molar-refractivity contribution < 1.29 is 12.8 Å². The fraction of sp³-hybridized carbons (Fsp3) is 0.583. The van der Waals surface area contributed by atoms with E-state index in [0.717, 1.165) is 31.5 Å². The first-order valence-corrected chi connectivity index (χ1v) is 7.82. The average Bonchev–Trinajstić information content (AvgIpc) is 2.39. The summed E-state index contributed by atoms with van der Waals surface area (Å²) in [5.41, 5.74) is 5.53. The number of sulfonamides is 1. The van der Waals surface area contributed by atoms with Gasteiger partial charge in [-0.3, -0.25) is 4.98 Å². The molecule has 114 valence electrons. The lowest BCUT2D eigenvalue weighted by atomic mass is 10.0. The minimum Gasteiger partial charge on any atom is -0.330 e. The van der Waals surface area contributed by atoms with Gasteiger partial charge in [-0.25, -0.2) is 12.8 Å². The van der Waals surface area contributed by atoms with E-state index in [1.807, 2.05) is 0 Å². The van der Waals surface area contributed by atoms with Crippen molar-refractivity contribution in [2.75, 3.05) is 13.1 Å². The van der Waals surface area contributed by atoms with Crippen molar-refractivity contribution in [3.63, 3.8) is 0 Å². The molecule has 5 nitrogen and oxygen atoms in total. The molecule has 2 rings (SSSR count). The molecule has 0 radical (unpaired) electrons. The summed E-state index contributed by atoms with van der Waals surface area (Å²) in [7, 11) is -3.68. The molecule has 20 heavy (non-hydrogen) atoms. The van der Waals surface area contributed by atoms with Gasteiger partial charge in [0.25, 0.3) is 0 Å². The zero-order valence-corrected chi connectivity index (χ0v) is 12.7. The molecule has 1 unspecified atom stereocenters. The van der Waals surface area contributed by atoms with Gasteiger partial charge in [-0.15, -0.1) is 12.4 Å². The Hall–Kier alpha value is -0.760. The molecule has 1 aromatic rings. The molecule has 1 fully saturated rings. The number of aromatic nitrogens is 1. The Morgan fingerprint density at radius 3 is 2.80 bits per heavy atom. The molecular weight excluding hydrogens is 305 g/mol. The minimum absolute atomic E-state index is 0. The van der Waals surface area contributed by atoms with E-state index in [1.54, 1.807) is 0 Å². The first-order chi connectivity index (χ1) is 9.05. The van der Waals surface area contributed by atoms with Crippen LogP contribution in [0.2, 0.25) is 0 Å². The molecule has 2 N–H and O–H groups in total. The highest BCUT2D eigenvalue weighted by atomic mass is 35.5. The lowest BCUT2D eigenvalue weighted by molar-refractivity contribution is 0.243. The molecule has 1 atom stereocenters. The van der Waals surface area contributed by atoms with Gasteiger partial charge in [-0.05, 0) is 31.9 Å². The summed E-state index contributed by atoms with van der Waals surface area (Å²) in [6, 6.07) is 0.920. The van der Waals surface area contributed by atoms with Crippen LogP contribution in [0.15, 0.2) is 23.4 Å². The van der Waals surface area contributed by atoms with Gasteiger partial charge >= 0.3 is 0 Å². The van der Waals surface area contributed by atoms with Crippen LogP contribution < -0.4 is 5.73 Å². The molecular formula is C12H19ClFN3O2S. The van der Waals surface area contributed by atoms with Crippen LogP contribution in [0.25, 0.3) is 0 Å². The highest BCUT2D eigenvalue weighted by molar-refractivity contribution is 7.89. The number of hydrogen-bond acceptors (Lipinski definition) is 4. The van der Waals surface area contributed by atoms with Crippen molar-refractivity contribution in [1.29, 1.82) is 0 Å². The van der Waals surface area contributed by atoms with Gasteiger partial charge < -0.3 is 5.73 Å². The lowest BCUT2D eigenvalue weighted by Crippen LogP contribution is -2.44. The van der Waals surface area contributed by atoms with E-state index in [2.05, 4.69) is 4.98 Å². The topological polar surface area (TPSA) is 76.3 Å². The molecule has 1 aliphatic rings. The van der Waals surface area contributed by atoms with E-state index < -0.39 is 15.8 Å². The van der Waals surface area contributed by atoms with Crippen LogP contribution in [-0.4, -0.2) is 36.8 Å². The number of piperidine rings is 1. The number of nitrogens with two attached hydrogens (primary N) is 1. The number of halogens is 2. The summed E-state index contributed by atoms with van der Waals surface area (Å²) in [5.74, 6) is -0.645. The van der Waals surface area contributed by atoms with Crippen LogP contribution in [0.4, 0.5) is 4.39 Å². The number of nitrogens with zero attached hydrogens (tertiary/aromatic N) is 2. The molecule has 0 spiro atoms. The Morgan fingerprint density at radius 1 is 1.40 bits per heavy atom. The van der Waals surface area contributed by atoms with Crippen molar-refractivity contribution in [2.45, 2.75) is 36.6 Å². The summed E-state index contributed by atoms with van der Waals surface area (Å²) in [5, 5.41) is 0. The summed E-state index contributed by atoms with van der Waals surface area (Å²) in [6.07, 6.45) is 5.43. The van der Waals surface area contributed by atoms with Gasteiger partial charge in [0.15, 0.2) is 0 Å². The van der Waals surface area contributed by atoms with Crippen LogP contribution in [0.5, 0.6) is 0 Å². The highest BCUT2D eigenvalue weighted by Crippen LogP contribution is 2.26. The molecule has 1 saturated heterocycles. The fourth-order valence-corrected chi connectivity index (χ4v) is 4.14. The molecule has 8 heteroatoms. The van der Waals surface area contributed by atoms with Crippen molar-refractivity contribution in [1.82, 2.24) is 9.29 Å². The van der Waals surface area contributed by atoms with Crippen molar-refractivity contribution in [3.8, 4) is 0 Å². The minimum atomic E-state index is -3.68. The second-order valence-electron chi connectivity index (χ2n) is 4.68. The third-order valence-corrected chi connectivity index (χ3v) is 5.28. The van der Waals surface area contributed by atoms with E-state index in [1.165, 1.54) is 10.5 Å². The monoisotopic (exact) mass is 323 g/mol. The molecule has 0 aliphatic carbocycles. The second-order valence-corrected chi connectivity index (χ2v) is 6.57. The molecule has 0 saturated carbocycles. The van der Waals surface area contributed by atoms with E-state index in [0.29, 0.717) is 19.5 Å². The van der Waals surface area contributed by atoms with Gasteiger partial charge in [-0.2, -0.15) is 4.31 Å². The van der Waals surface area contributed by atoms with Crippen molar-refractivity contribution in [2.24, 2.45) is 5.73 Å². The molecule has 0 aromatic carbocycles. The van der Waals surface area contributed by atoms with Crippen molar-refractivity contribution >= 4 is 22.4 Å². The van der Waals surface area contributed by atoms with Crippen LogP contribution >= 0.6 is 12.4 Å². The third-order valence-electron chi connectivity index (χ3n) is 3.36. The maximum absolute atomic E-state index is 13.1. The van der Waals surface area contributed by atoms with Crippen molar-refractivity contribution in [3.05, 3.63) is 24.3 Å². The Bertz CT molecular complexity index is 539. The van der Waals surface area contributed by atoms with Crippen LogP contribution in [-0.2, 0) is 10.0 Å². The molecule has 0 amide bonds. The molecule has 0 bridgehead atoms. The zero-order valence-electron chi connectivity index (χ0n) is 11.0. The molecule has 1 aromatic heterocycles. The predicted molar refractivity (Wildman–Crippen MR) is 76.6 cm³/mol. The van der Waals surface area contributed by atoms with Crippen LogP contribution in [0, 0.1) is 5.82 Å². The quantitative estimate of drug-likeness (QED) is 0.911. The molecule has 2 heterocycles. The number of rotatable bonds is 4. The van der Waals surface area contributed by atoms with Gasteiger partial charge in [-0.1, -0.05) is 6.42 Å². The maximum Gasteiger partial charge on any atom is 0.244 e. The highest BCUT2D eigenvalue weighted by Gasteiger charge is 2.33. The standard InChI is InChI=1S/C12H18FN3O2S.ClH/c13-10-7-12(9-15-8-10)19(17,18)16-6-2-1-3-11(16)4-5-14;/h7-9,11H,1-6,14H2;1H. The Morgan fingerprint density at radius 2 is 2.15 bits per heavy atom. The number of hydrogen-bond donors (Lipinski definition) is 1. The maximum atomic E-state index is 13.1. The Kier molecular flexibility index (Phi) is 6.32. The lowest BCUT2D eigenvalue weighted by Gasteiger charge is -2.34. The van der Waals surface area contributed by atoms with E-state index in [-0.39, 0.29) is 23.3 Å². The Balaban J connectivity index is 0.00000200. The van der Waals surface area contributed by atoms with Crippen LogP contribution in [0.3, 0.4) is 0 Å². The summed E-state index contributed by atoms with van der Waals surface area (Å²) in [6.45, 7) is 0.904. The SMILES string of the molecule is Cl.NCCC1CCCCN1S(=O)(=O)c1cncc(F)c1. The largest absolute Gasteiger partial charge is 0.330 e. The molecule has 1 aliphatic heterocycles. The first-order valence-electron chi connectivity index (χ1n) is 6.38. The smallest absolute Gasteiger partial charge is 0.244 e. The Labute approximate surface area is 124 Å². The van der Waals surface area contributed by atoms with Gasteiger partial charge in [0.1, 0.15) is 10.7 Å². The zero-order chi connectivity index (χ0) is 13.9. The summed E-state index contributed by atoms with van der Waals surface area (Å²) < 4.78 is 39.6. The van der Waals surface area contributed by atoms with E-state index >= 15 is 0 Å². The predicted octanol–water partition coefficient (Wildman–Crippen LogP) is 1.53. The summed E-state index contributed by atoms with van der Waals surface area (Å²) in [4.78, 5) is 3.52. The van der Waals surface area contributed by atoms with Gasteiger partial charge in [0.2, 0.25) is 10.0 Å². The fourth-order valence-electron chi connectivity index (χ4n) is 2.44. The second kappa shape index (κ2) is 7.31. The third kappa shape index (κ3) is 3.66. The van der Waals surface area contributed by atoms with Gasteiger partial charge in [0, 0.05) is 18.8 Å². The van der Waals surface area contributed by atoms with E-state index in [4.69, 9.17) is 5.73 Å². The van der Waals surface area contributed by atoms with Crippen LogP contribution in [0.1, 0.15) is 25.7 Å².